The Hall–Kier alpha value is -4.19. The molecular weight excluding hydrogens is 925 g/mol. The molecule has 426 valence electrons. The average molecular weight is 1040 g/mol. The summed E-state index contributed by atoms with van der Waals surface area (Å²) >= 11 is 0. The molecule has 0 aliphatic heterocycles. The molecule has 6 nitrogen and oxygen atoms in total. The zero-order valence-electron chi connectivity index (χ0n) is 48.8. The Labute approximate surface area is 462 Å². The number of carbonyl (C=O) groups is 3. The van der Waals surface area contributed by atoms with Gasteiger partial charge in [-0.15, -0.1) is 0 Å². The van der Waals surface area contributed by atoms with Crippen molar-refractivity contribution in [2.24, 2.45) is 0 Å². The molecule has 0 fully saturated rings. The van der Waals surface area contributed by atoms with Crippen LogP contribution in [0, 0.1) is 0 Å². The van der Waals surface area contributed by atoms with E-state index in [1.54, 1.807) is 0 Å². The molecule has 0 aromatic heterocycles. The van der Waals surface area contributed by atoms with Gasteiger partial charge in [0.05, 0.1) is 0 Å². The van der Waals surface area contributed by atoms with Gasteiger partial charge in [0.1, 0.15) is 13.2 Å². The second-order valence-electron chi connectivity index (χ2n) is 20.2. The number of ether oxygens (including phenoxy) is 3. The summed E-state index contributed by atoms with van der Waals surface area (Å²) in [6.45, 7) is 6.38. The van der Waals surface area contributed by atoms with Crippen LogP contribution in [0.25, 0.3) is 0 Å². The van der Waals surface area contributed by atoms with Crippen LogP contribution in [0.2, 0.25) is 0 Å². The Bertz CT molecular complexity index is 1570. The lowest BCUT2D eigenvalue weighted by atomic mass is 10.0. The molecule has 0 rings (SSSR count). The van der Waals surface area contributed by atoms with Crippen molar-refractivity contribution in [1.29, 1.82) is 0 Å². The minimum Gasteiger partial charge on any atom is -0.462 e. The molecule has 0 radical (unpaired) electrons. The van der Waals surface area contributed by atoms with E-state index in [2.05, 4.69) is 142 Å². The summed E-state index contributed by atoms with van der Waals surface area (Å²) in [6, 6.07) is 0. The molecule has 1 unspecified atom stereocenters. The Morgan fingerprint density at radius 1 is 0.280 bits per heavy atom. The zero-order valence-corrected chi connectivity index (χ0v) is 48.8. The molecule has 0 amide bonds. The monoisotopic (exact) mass is 1040 g/mol. The van der Waals surface area contributed by atoms with E-state index in [1.165, 1.54) is 116 Å². The predicted molar refractivity (Wildman–Crippen MR) is 325 cm³/mol. The first-order valence-electron chi connectivity index (χ1n) is 31.0. The lowest BCUT2D eigenvalue weighted by molar-refractivity contribution is -0.167. The third kappa shape index (κ3) is 60.6. The summed E-state index contributed by atoms with van der Waals surface area (Å²) in [5, 5.41) is 0. The summed E-state index contributed by atoms with van der Waals surface area (Å²) in [6.07, 6.45) is 86.3. The van der Waals surface area contributed by atoms with Crippen molar-refractivity contribution in [2.45, 2.75) is 284 Å². The molecule has 0 aliphatic rings. The molecule has 0 spiro atoms. The van der Waals surface area contributed by atoms with Crippen molar-refractivity contribution in [1.82, 2.24) is 0 Å². The number of allylic oxidation sites excluding steroid dienone is 20. The third-order valence-electron chi connectivity index (χ3n) is 13.0. The van der Waals surface area contributed by atoms with Gasteiger partial charge in [0.15, 0.2) is 6.10 Å². The van der Waals surface area contributed by atoms with Crippen molar-refractivity contribution >= 4 is 17.9 Å². The van der Waals surface area contributed by atoms with Gasteiger partial charge in [-0.05, 0) is 103 Å². The maximum atomic E-state index is 12.9. The molecule has 0 saturated heterocycles. The van der Waals surface area contributed by atoms with Gasteiger partial charge in [0, 0.05) is 19.3 Å². The maximum absolute atomic E-state index is 12.9. The SMILES string of the molecule is CC/C=C\C/C=C\C/C=C\C/C=C\C/C=C\CCCCCCCCCC(=O)OCC(COC(=O)CCCCCCCCCCCCCCCCCCC)OC(=O)CCC/C=C\C/C=C\C/C=C\C/C=C\C/C=C\CC. The van der Waals surface area contributed by atoms with E-state index in [4.69, 9.17) is 14.2 Å². The molecule has 0 bridgehead atoms. The van der Waals surface area contributed by atoms with Crippen molar-refractivity contribution in [3.8, 4) is 0 Å². The Kier molecular flexibility index (Phi) is 58.9. The number of hydrogen-bond donors (Lipinski definition) is 0. The smallest absolute Gasteiger partial charge is 0.306 e. The molecule has 0 N–H and O–H groups in total. The fourth-order valence-electron chi connectivity index (χ4n) is 8.39. The fraction of sp³-hybridized carbons (Fsp3) is 0.667. The standard InChI is InChI=1S/C69H114O6/c1-4-7-10-13-16-19-22-25-28-31-32-33-34-35-36-39-41-44-47-50-53-56-59-62-68(71)74-65-66(75-69(72)63-60-57-54-51-48-45-42-38-30-27-24-21-18-15-12-9-6-3)64-73-67(70)61-58-55-52-49-46-43-40-37-29-26-23-20-17-14-11-8-5-2/h7,9-10,12,16,18-19,21,25,27-28,30,32-33,35-36,42,45,51,54,66H,4-6,8,11,13-15,17,20,22-24,26,29,31,34,37-41,43-44,46-50,52-53,55-65H2,1-3H3/b10-7-,12-9-,19-16-,21-18-,28-25-,30-27-,33-32-,36-35-,45-42-,54-51-. The van der Waals surface area contributed by atoms with E-state index in [-0.39, 0.29) is 37.5 Å². The number of hydrogen-bond acceptors (Lipinski definition) is 6. The quantitative estimate of drug-likeness (QED) is 0.0261. The number of rotatable bonds is 55. The summed E-state index contributed by atoms with van der Waals surface area (Å²) in [7, 11) is 0. The molecule has 0 saturated carbocycles. The first-order chi connectivity index (χ1) is 37.0. The van der Waals surface area contributed by atoms with E-state index in [0.717, 1.165) is 116 Å². The van der Waals surface area contributed by atoms with Crippen LogP contribution in [0.4, 0.5) is 0 Å². The topological polar surface area (TPSA) is 78.9 Å². The van der Waals surface area contributed by atoms with E-state index in [9.17, 15) is 14.4 Å². The van der Waals surface area contributed by atoms with Crippen LogP contribution in [0.3, 0.4) is 0 Å². The Morgan fingerprint density at radius 3 is 0.853 bits per heavy atom. The van der Waals surface area contributed by atoms with Gasteiger partial charge >= 0.3 is 17.9 Å². The third-order valence-corrected chi connectivity index (χ3v) is 13.0. The molecule has 0 heterocycles. The first kappa shape index (κ1) is 70.8. The molecule has 6 heteroatoms. The lowest BCUT2D eigenvalue weighted by Crippen LogP contribution is -2.30. The van der Waals surface area contributed by atoms with Crippen LogP contribution in [0.15, 0.2) is 122 Å². The molecule has 75 heavy (non-hydrogen) atoms. The van der Waals surface area contributed by atoms with Crippen molar-refractivity contribution in [3.63, 3.8) is 0 Å². The van der Waals surface area contributed by atoms with E-state index >= 15 is 0 Å². The van der Waals surface area contributed by atoms with Crippen LogP contribution >= 0.6 is 0 Å². The van der Waals surface area contributed by atoms with Crippen molar-refractivity contribution < 1.29 is 28.6 Å². The second kappa shape index (κ2) is 62.4. The van der Waals surface area contributed by atoms with Gasteiger partial charge in [0.25, 0.3) is 0 Å². The molecule has 1 atom stereocenters. The predicted octanol–water partition coefficient (Wildman–Crippen LogP) is 21.2. The van der Waals surface area contributed by atoms with Crippen LogP contribution in [-0.4, -0.2) is 37.2 Å². The Morgan fingerprint density at radius 2 is 0.533 bits per heavy atom. The van der Waals surface area contributed by atoms with Crippen LogP contribution in [-0.2, 0) is 28.6 Å². The van der Waals surface area contributed by atoms with Gasteiger partial charge in [0.2, 0.25) is 0 Å². The van der Waals surface area contributed by atoms with Gasteiger partial charge < -0.3 is 14.2 Å². The summed E-state index contributed by atoms with van der Waals surface area (Å²) in [5.41, 5.74) is 0. The fourth-order valence-corrected chi connectivity index (χ4v) is 8.39. The summed E-state index contributed by atoms with van der Waals surface area (Å²) in [5.74, 6) is -0.970. The van der Waals surface area contributed by atoms with Crippen LogP contribution in [0.1, 0.15) is 278 Å². The van der Waals surface area contributed by atoms with E-state index in [0.29, 0.717) is 19.3 Å². The molecular formula is C69H114O6. The number of unbranched alkanes of at least 4 members (excludes halogenated alkanes) is 24. The van der Waals surface area contributed by atoms with Crippen molar-refractivity contribution in [3.05, 3.63) is 122 Å². The van der Waals surface area contributed by atoms with Crippen LogP contribution in [0.5, 0.6) is 0 Å². The average Bonchev–Trinajstić information content (AvgIpc) is 3.41. The molecule has 0 aliphatic carbocycles. The van der Waals surface area contributed by atoms with Gasteiger partial charge in [-0.1, -0.05) is 277 Å². The highest BCUT2D eigenvalue weighted by atomic mass is 16.6. The first-order valence-corrected chi connectivity index (χ1v) is 31.0. The molecule has 0 aromatic rings. The van der Waals surface area contributed by atoms with Gasteiger partial charge in [-0.25, -0.2) is 0 Å². The Balaban J connectivity index is 4.47. The lowest BCUT2D eigenvalue weighted by Gasteiger charge is -2.18. The highest BCUT2D eigenvalue weighted by Gasteiger charge is 2.19. The zero-order chi connectivity index (χ0) is 54.3. The highest BCUT2D eigenvalue weighted by Crippen LogP contribution is 2.16. The van der Waals surface area contributed by atoms with Gasteiger partial charge in [-0.3, -0.25) is 14.4 Å². The molecule has 0 aromatic carbocycles. The largest absolute Gasteiger partial charge is 0.462 e. The van der Waals surface area contributed by atoms with Gasteiger partial charge in [-0.2, -0.15) is 0 Å². The number of esters is 3. The summed E-state index contributed by atoms with van der Waals surface area (Å²) in [4.78, 5) is 38.3. The normalized spacial score (nSPS) is 12.9. The second-order valence-corrected chi connectivity index (χ2v) is 20.2. The van der Waals surface area contributed by atoms with E-state index < -0.39 is 6.10 Å². The number of carbonyl (C=O) groups excluding carboxylic acids is 3. The minimum atomic E-state index is -0.816. The maximum Gasteiger partial charge on any atom is 0.306 e. The van der Waals surface area contributed by atoms with Crippen LogP contribution < -0.4 is 0 Å². The van der Waals surface area contributed by atoms with E-state index in [1.807, 2.05) is 0 Å². The highest BCUT2D eigenvalue weighted by molar-refractivity contribution is 5.71. The van der Waals surface area contributed by atoms with Crippen molar-refractivity contribution in [2.75, 3.05) is 13.2 Å². The summed E-state index contributed by atoms with van der Waals surface area (Å²) < 4.78 is 16.9. The minimum absolute atomic E-state index is 0.105.